The van der Waals surface area contributed by atoms with E-state index in [0.717, 1.165) is 25.9 Å². The first-order valence-corrected chi connectivity index (χ1v) is 6.70. The van der Waals surface area contributed by atoms with Gasteiger partial charge in [0.15, 0.2) is 0 Å². The van der Waals surface area contributed by atoms with Crippen LogP contribution in [-0.2, 0) is 4.79 Å². The van der Waals surface area contributed by atoms with Crippen LogP contribution in [0.3, 0.4) is 0 Å². The second-order valence-corrected chi connectivity index (χ2v) is 5.55. The van der Waals surface area contributed by atoms with Crippen LogP contribution in [0.1, 0.15) is 32.1 Å². The van der Waals surface area contributed by atoms with Gasteiger partial charge in [0.25, 0.3) is 0 Å². The first-order chi connectivity index (χ1) is 7.72. The molecule has 0 unspecified atom stereocenters. The van der Waals surface area contributed by atoms with Crippen LogP contribution in [-0.4, -0.2) is 41.5 Å². The highest BCUT2D eigenvalue weighted by Gasteiger charge is 2.48. The molecule has 92 valence electrons. The standard InChI is InChI=1S/C12H20ClNO2/c13-6-4-11(16)14-7-10-3-1-2-5-12(10,8-14)9-15/h10,15H,1-9H2/t10-,12-/m1/s1. The number of hydrogen-bond acceptors (Lipinski definition) is 2. The molecule has 2 atom stereocenters. The van der Waals surface area contributed by atoms with Crippen molar-refractivity contribution in [1.82, 2.24) is 4.90 Å². The summed E-state index contributed by atoms with van der Waals surface area (Å²) in [5, 5.41) is 9.62. The van der Waals surface area contributed by atoms with Gasteiger partial charge in [-0.05, 0) is 18.8 Å². The second-order valence-electron chi connectivity index (χ2n) is 5.18. The normalized spacial score (nSPS) is 33.9. The molecule has 1 N–H and O–H groups in total. The highest BCUT2D eigenvalue weighted by atomic mass is 35.5. The molecule has 0 radical (unpaired) electrons. The number of aliphatic hydroxyl groups is 1. The minimum Gasteiger partial charge on any atom is -0.396 e. The van der Waals surface area contributed by atoms with E-state index in [-0.39, 0.29) is 17.9 Å². The van der Waals surface area contributed by atoms with E-state index >= 15 is 0 Å². The highest BCUT2D eigenvalue weighted by molar-refractivity contribution is 6.18. The van der Waals surface area contributed by atoms with E-state index in [1.54, 1.807) is 0 Å². The topological polar surface area (TPSA) is 40.5 Å². The number of halogens is 1. The molecule has 1 amide bonds. The summed E-state index contributed by atoms with van der Waals surface area (Å²) < 4.78 is 0. The van der Waals surface area contributed by atoms with E-state index in [0.29, 0.717) is 18.2 Å². The number of alkyl halides is 1. The third kappa shape index (κ3) is 2.07. The summed E-state index contributed by atoms with van der Waals surface area (Å²) in [4.78, 5) is 13.7. The predicted octanol–water partition coefficient (Wildman–Crippen LogP) is 1.63. The third-order valence-electron chi connectivity index (χ3n) is 4.27. The molecule has 0 bridgehead atoms. The molecule has 1 saturated carbocycles. The molecular formula is C12H20ClNO2. The zero-order chi connectivity index (χ0) is 11.6. The van der Waals surface area contributed by atoms with Crippen molar-refractivity contribution in [3.05, 3.63) is 0 Å². The molecule has 2 rings (SSSR count). The number of nitrogens with zero attached hydrogens (tertiary/aromatic N) is 1. The molecular weight excluding hydrogens is 226 g/mol. The minimum atomic E-state index is 0.000221. The van der Waals surface area contributed by atoms with Crippen LogP contribution >= 0.6 is 11.6 Å². The van der Waals surface area contributed by atoms with E-state index in [9.17, 15) is 9.90 Å². The van der Waals surface area contributed by atoms with Crippen molar-refractivity contribution in [2.24, 2.45) is 11.3 Å². The van der Waals surface area contributed by atoms with Crippen molar-refractivity contribution in [2.45, 2.75) is 32.1 Å². The summed E-state index contributed by atoms with van der Waals surface area (Å²) in [7, 11) is 0. The maximum absolute atomic E-state index is 11.8. The lowest BCUT2D eigenvalue weighted by atomic mass is 9.69. The SMILES string of the molecule is O=C(CCCl)N1C[C@H]2CCCC[C@]2(CO)C1. The number of amides is 1. The summed E-state index contributed by atoms with van der Waals surface area (Å²) in [5.74, 6) is 1.05. The number of likely N-dealkylation sites (tertiary alicyclic amines) is 1. The van der Waals surface area contributed by atoms with Crippen LogP contribution < -0.4 is 0 Å². The summed E-state index contributed by atoms with van der Waals surface area (Å²) in [6.07, 6.45) is 5.08. The fourth-order valence-electron chi connectivity index (χ4n) is 3.27. The van der Waals surface area contributed by atoms with Gasteiger partial charge in [0, 0.05) is 30.8 Å². The lowest BCUT2D eigenvalue weighted by Crippen LogP contribution is -2.37. The third-order valence-corrected chi connectivity index (χ3v) is 4.45. The van der Waals surface area contributed by atoms with Crippen LogP contribution in [0, 0.1) is 11.3 Å². The molecule has 1 aliphatic carbocycles. The average Bonchev–Trinajstić information content (AvgIpc) is 2.69. The zero-order valence-electron chi connectivity index (χ0n) is 9.62. The van der Waals surface area contributed by atoms with E-state index in [1.165, 1.54) is 12.8 Å². The molecule has 2 aliphatic rings. The molecule has 1 aliphatic heterocycles. The van der Waals surface area contributed by atoms with Gasteiger partial charge >= 0.3 is 0 Å². The van der Waals surface area contributed by atoms with Crippen molar-refractivity contribution in [3.8, 4) is 0 Å². The van der Waals surface area contributed by atoms with Gasteiger partial charge in [-0.2, -0.15) is 0 Å². The number of rotatable bonds is 3. The van der Waals surface area contributed by atoms with Crippen LogP contribution in [0.15, 0.2) is 0 Å². The fourth-order valence-corrected chi connectivity index (χ4v) is 3.43. The smallest absolute Gasteiger partial charge is 0.223 e. The Morgan fingerprint density at radius 1 is 1.50 bits per heavy atom. The maximum atomic E-state index is 11.8. The summed E-state index contributed by atoms with van der Waals surface area (Å²) in [6, 6.07) is 0. The van der Waals surface area contributed by atoms with Crippen molar-refractivity contribution < 1.29 is 9.90 Å². The van der Waals surface area contributed by atoms with Gasteiger partial charge in [0.1, 0.15) is 0 Å². The molecule has 16 heavy (non-hydrogen) atoms. The van der Waals surface area contributed by atoms with E-state index in [2.05, 4.69) is 0 Å². The summed E-state index contributed by atoms with van der Waals surface area (Å²) >= 11 is 5.60. The Balaban J connectivity index is 2.04. The van der Waals surface area contributed by atoms with Gasteiger partial charge < -0.3 is 10.0 Å². The van der Waals surface area contributed by atoms with Gasteiger partial charge in [0.05, 0.1) is 6.61 Å². The van der Waals surface area contributed by atoms with Gasteiger partial charge in [-0.1, -0.05) is 12.8 Å². The molecule has 2 fully saturated rings. The monoisotopic (exact) mass is 245 g/mol. The molecule has 3 nitrogen and oxygen atoms in total. The van der Waals surface area contributed by atoms with Crippen LogP contribution in [0.25, 0.3) is 0 Å². The fraction of sp³-hybridized carbons (Fsp3) is 0.917. The average molecular weight is 246 g/mol. The van der Waals surface area contributed by atoms with Crippen molar-refractivity contribution in [2.75, 3.05) is 25.6 Å². The molecule has 4 heteroatoms. The van der Waals surface area contributed by atoms with Crippen LogP contribution in [0.5, 0.6) is 0 Å². The summed E-state index contributed by atoms with van der Waals surface area (Å²) in [5.41, 5.74) is 0.000221. The Bertz CT molecular complexity index is 272. The molecule has 0 aromatic carbocycles. The van der Waals surface area contributed by atoms with E-state index in [4.69, 9.17) is 11.6 Å². The maximum Gasteiger partial charge on any atom is 0.223 e. The molecule has 1 heterocycles. The van der Waals surface area contributed by atoms with Crippen LogP contribution in [0.4, 0.5) is 0 Å². The lowest BCUT2D eigenvalue weighted by molar-refractivity contribution is -0.130. The Labute approximate surface area is 102 Å². The first kappa shape index (κ1) is 12.2. The second kappa shape index (κ2) is 4.92. The van der Waals surface area contributed by atoms with Crippen molar-refractivity contribution >= 4 is 17.5 Å². The lowest BCUT2D eigenvalue weighted by Gasteiger charge is -2.36. The first-order valence-electron chi connectivity index (χ1n) is 6.16. The quantitative estimate of drug-likeness (QED) is 0.768. The van der Waals surface area contributed by atoms with Crippen molar-refractivity contribution in [1.29, 1.82) is 0 Å². The number of aliphatic hydroxyl groups excluding tert-OH is 1. The Morgan fingerprint density at radius 3 is 2.94 bits per heavy atom. The van der Waals surface area contributed by atoms with E-state index in [1.807, 2.05) is 4.90 Å². The molecule has 1 saturated heterocycles. The molecule has 0 aromatic rings. The van der Waals surface area contributed by atoms with E-state index < -0.39 is 0 Å². The minimum absolute atomic E-state index is 0.000221. The molecule has 0 spiro atoms. The van der Waals surface area contributed by atoms with Crippen LogP contribution in [0.2, 0.25) is 0 Å². The van der Waals surface area contributed by atoms with Gasteiger partial charge in [-0.15, -0.1) is 11.6 Å². The Morgan fingerprint density at radius 2 is 2.31 bits per heavy atom. The van der Waals surface area contributed by atoms with Gasteiger partial charge in [-0.3, -0.25) is 4.79 Å². The van der Waals surface area contributed by atoms with Gasteiger partial charge in [0.2, 0.25) is 5.91 Å². The number of hydrogen-bond donors (Lipinski definition) is 1. The Hall–Kier alpha value is -0.280. The number of carbonyl (C=O) groups excluding carboxylic acids is 1. The highest BCUT2D eigenvalue weighted by Crippen LogP contribution is 2.46. The largest absolute Gasteiger partial charge is 0.396 e. The van der Waals surface area contributed by atoms with Gasteiger partial charge in [-0.25, -0.2) is 0 Å². The molecule has 0 aromatic heterocycles. The number of fused-ring (bicyclic) bond motifs is 1. The predicted molar refractivity (Wildman–Crippen MR) is 63.4 cm³/mol. The Kier molecular flexibility index (Phi) is 3.75. The summed E-state index contributed by atoms with van der Waals surface area (Å²) in [6.45, 7) is 1.79. The van der Waals surface area contributed by atoms with Crippen molar-refractivity contribution in [3.63, 3.8) is 0 Å². The number of carbonyl (C=O) groups is 1. The zero-order valence-corrected chi connectivity index (χ0v) is 10.4.